The maximum atomic E-state index is 13.6. The van der Waals surface area contributed by atoms with Crippen LogP contribution in [0.5, 0.6) is 23.0 Å². The Hall–Kier alpha value is -3.51. The molecule has 0 saturated heterocycles. The fourth-order valence-electron chi connectivity index (χ4n) is 12.2. The molecule has 0 radical (unpaired) electrons. The van der Waals surface area contributed by atoms with Crippen LogP contribution < -0.4 is 18.9 Å². The van der Waals surface area contributed by atoms with Gasteiger partial charge in [-0.15, -0.1) is 0 Å². The molecular formula is C40H44N2O9. The Morgan fingerprint density at radius 2 is 1.59 bits per heavy atom. The van der Waals surface area contributed by atoms with E-state index in [0.29, 0.717) is 49.0 Å². The molecule has 2 aromatic carbocycles. The molecule has 0 amide bonds. The molecule has 5 saturated carbocycles. The van der Waals surface area contributed by atoms with Crippen molar-refractivity contribution in [3.8, 4) is 23.0 Å². The number of rotatable bonds is 9. The van der Waals surface area contributed by atoms with Gasteiger partial charge in [0, 0.05) is 43.1 Å². The molecule has 5 fully saturated rings. The first-order valence-electron chi connectivity index (χ1n) is 19.1. The van der Waals surface area contributed by atoms with Gasteiger partial charge in [0.05, 0.1) is 22.5 Å². The molecule has 4 unspecified atom stereocenters. The molecule has 11 rings (SSSR count). The second-order valence-electron chi connectivity index (χ2n) is 17.1. The van der Waals surface area contributed by atoms with Gasteiger partial charge in [-0.3, -0.25) is 19.4 Å². The third-order valence-corrected chi connectivity index (χ3v) is 14.6. The van der Waals surface area contributed by atoms with Gasteiger partial charge in [-0.1, -0.05) is 19.1 Å². The van der Waals surface area contributed by atoms with Crippen molar-refractivity contribution < 1.29 is 43.5 Å². The van der Waals surface area contributed by atoms with E-state index in [2.05, 4.69) is 23.8 Å². The summed E-state index contributed by atoms with van der Waals surface area (Å²) in [4.78, 5) is 45.0. The summed E-state index contributed by atoms with van der Waals surface area (Å²) in [6, 6.07) is 7.06. The number of aliphatic hydroxyl groups is 2. The van der Waals surface area contributed by atoms with Gasteiger partial charge in [-0.25, -0.2) is 4.79 Å². The third-order valence-electron chi connectivity index (χ3n) is 14.6. The summed E-state index contributed by atoms with van der Waals surface area (Å²) in [7, 11) is 2.07. The molecule has 2 heterocycles. The monoisotopic (exact) mass is 696 g/mol. The number of Topliss-reactive ketones (excluding diaryl/α,β-unsaturated/α-hetero) is 2. The number of hydrogen-bond donors (Lipinski definition) is 2. The molecule has 8 atom stereocenters. The summed E-state index contributed by atoms with van der Waals surface area (Å²) < 4.78 is 24.5. The van der Waals surface area contributed by atoms with E-state index in [9.17, 15) is 24.6 Å². The average Bonchev–Trinajstić information content (AvgIpc) is 4.05. The molecule has 0 bridgehead atoms. The number of carbonyl (C=O) groups is 3. The minimum absolute atomic E-state index is 0.0345. The summed E-state index contributed by atoms with van der Waals surface area (Å²) in [6.07, 6.45) is 4.52. The predicted octanol–water partition coefficient (Wildman–Crippen LogP) is 3.60. The Bertz CT molecular complexity index is 1960. The first kappa shape index (κ1) is 31.1. The first-order chi connectivity index (χ1) is 24.6. The van der Waals surface area contributed by atoms with Gasteiger partial charge in [0.15, 0.2) is 46.8 Å². The fraction of sp³-hybridized carbons (Fsp3) is 0.625. The summed E-state index contributed by atoms with van der Waals surface area (Å²) in [5.41, 5.74) is -0.239. The van der Waals surface area contributed by atoms with Crippen molar-refractivity contribution in [2.45, 2.75) is 117 Å². The van der Waals surface area contributed by atoms with Crippen LogP contribution in [0.15, 0.2) is 24.3 Å². The lowest BCUT2D eigenvalue weighted by atomic mass is 9.61. The van der Waals surface area contributed by atoms with Crippen LogP contribution in [0.1, 0.15) is 86.5 Å². The van der Waals surface area contributed by atoms with Crippen LogP contribution in [0.4, 0.5) is 4.79 Å². The normalized spacial score (nSPS) is 38.6. The highest BCUT2D eigenvalue weighted by Gasteiger charge is 2.98. The third kappa shape index (κ3) is 3.66. The summed E-state index contributed by atoms with van der Waals surface area (Å²) >= 11 is 0. The lowest BCUT2D eigenvalue weighted by Gasteiger charge is -2.51. The van der Waals surface area contributed by atoms with E-state index in [0.717, 1.165) is 41.9 Å². The van der Waals surface area contributed by atoms with Crippen molar-refractivity contribution in [2.75, 3.05) is 26.7 Å². The van der Waals surface area contributed by atoms with E-state index >= 15 is 0 Å². The Morgan fingerprint density at radius 1 is 0.902 bits per heavy atom. The highest BCUT2D eigenvalue weighted by atomic mass is 16.7. The van der Waals surface area contributed by atoms with Crippen LogP contribution in [0.3, 0.4) is 0 Å². The Labute approximate surface area is 296 Å². The molecule has 11 nitrogen and oxygen atoms in total. The highest BCUT2D eigenvalue weighted by Crippen LogP contribution is 2.83. The zero-order chi connectivity index (χ0) is 34.8. The molecule has 1 spiro atoms. The van der Waals surface area contributed by atoms with Gasteiger partial charge < -0.3 is 29.2 Å². The molecule has 268 valence electrons. The maximum absolute atomic E-state index is 13.6. The average molecular weight is 697 g/mol. The number of fused-ring (bicyclic) bond motifs is 1. The van der Waals surface area contributed by atoms with Crippen LogP contribution in [-0.2, 0) is 27.8 Å². The molecule has 7 aliphatic carbocycles. The smallest absolute Gasteiger partial charge is 0.478 e. The van der Waals surface area contributed by atoms with Gasteiger partial charge >= 0.3 is 6.16 Å². The van der Waals surface area contributed by atoms with Crippen LogP contribution in [0.2, 0.25) is 0 Å². The van der Waals surface area contributed by atoms with Crippen molar-refractivity contribution in [1.29, 1.82) is 0 Å². The van der Waals surface area contributed by atoms with Crippen molar-refractivity contribution >= 4 is 17.7 Å². The Balaban J connectivity index is 0.909. The minimum Gasteiger partial charge on any atom is -0.478 e. The first-order valence-corrected chi connectivity index (χ1v) is 19.1. The minimum atomic E-state index is -1.15. The van der Waals surface area contributed by atoms with Crippen LogP contribution in [0, 0.1) is 11.8 Å². The number of hydrogen-bond acceptors (Lipinski definition) is 11. The van der Waals surface area contributed by atoms with E-state index < -0.39 is 46.4 Å². The standard InChI is InChI=1S/C40H44N2O9/c1-3-42(19-21-6-7-21)38-17-23-9-11-27(34-30(23)40(38)35(51-34)25(44)13-15-39(38,40)47)49-36(45)48-26-10-8-22-16-28(41(2)18-20-4-5-20)37(46)14-12-24(43)32-31(37)29(22)33(26)50-32/h8-11,20-21,28,31-32,35,46-47H,3-7,12-19H2,1-2H3/t28-,31?,32?,35?,37-,38?,39-,40+/m1/s1. The van der Waals surface area contributed by atoms with Crippen molar-refractivity contribution in [1.82, 2.24) is 9.80 Å². The number of benzene rings is 2. The van der Waals surface area contributed by atoms with Crippen LogP contribution in [0.25, 0.3) is 0 Å². The fourth-order valence-corrected chi connectivity index (χ4v) is 12.2. The second-order valence-corrected chi connectivity index (χ2v) is 17.1. The lowest BCUT2D eigenvalue weighted by molar-refractivity contribution is -0.146. The number of likely N-dealkylation sites (N-methyl/N-ethyl adjacent to an activating group) is 2. The van der Waals surface area contributed by atoms with Gasteiger partial charge in [-0.05, 0) is 100 Å². The second kappa shape index (κ2) is 9.92. The van der Waals surface area contributed by atoms with Gasteiger partial charge in [0.1, 0.15) is 5.60 Å². The molecule has 2 N–H and O–H groups in total. The van der Waals surface area contributed by atoms with E-state index in [-0.39, 0.29) is 41.9 Å². The maximum Gasteiger partial charge on any atom is 0.519 e. The number of nitrogens with zero attached hydrogens (tertiary/aromatic N) is 2. The van der Waals surface area contributed by atoms with Gasteiger partial charge in [0.25, 0.3) is 0 Å². The lowest BCUT2D eigenvalue weighted by Crippen LogP contribution is -2.63. The van der Waals surface area contributed by atoms with Crippen LogP contribution in [-0.4, -0.2) is 99.4 Å². The number of ether oxygens (including phenoxy) is 4. The topological polar surface area (TPSA) is 135 Å². The molecular weight excluding hydrogens is 652 g/mol. The summed E-state index contributed by atoms with van der Waals surface area (Å²) in [5, 5.41) is 24.7. The quantitative estimate of drug-likeness (QED) is 0.294. The molecule has 11 heteroatoms. The Kier molecular flexibility index (Phi) is 6.04. The molecule has 0 aromatic heterocycles. The van der Waals surface area contributed by atoms with Gasteiger partial charge in [-0.2, -0.15) is 0 Å². The van der Waals surface area contributed by atoms with E-state index in [4.69, 9.17) is 18.9 Å². The summed E-state index contributed by atoms with van der Waals surface area (Å²) in [6.45, 7) is 4.67. The van der Waals surface area contributed by atoms with Crippen molar-refractivity contribution in [3.05, 3.63) is 46.5 Å². The van der Waals surface area contributed by atoms with E-state index in [1.54, 1.807) is 12.1 Å². The molecule has 51 heavy (non-hydrogen) atoms. The highest BCUT2D eigenvalue weighted by molar-refractivity contribution is 5.95. The molecule has 2 aromatic rings. The van der Waals surface area contributed by atoms with E-state index in [1.807, 2.05) is 12.1 Å². The largest absolute Gasteiger partial charge is 0.519 e. The predicted molar refractivity (Wildman–Crippen MR) is 180 cm³/mol. The summed E-state index contributed by atoms with van der Waals surface area (Å²) in [5.74, 6) is 1.53. The molecule has 2 aliphatic heterocycles. The van der Waals surface area contributed by atoms with E-state index in [1.165, 1.54) is 25.7 Å². The number of ketones is 2. The van der Waals surface area contributed by atoms with Crippen LogP contribution >= 0.6 is 0 Å². The van der Waals surface area contributed by atoms with Crippen molar-refractivity contribution in [2.24, 2.45) is 11.8 Å². The zero-order valence-corrected chi connectivity index (χ0v) is 29.1. The number of carbonyl (C=O) groups excluding carboxylic acids is 3. The molecule has 9 aliphatic rings. The van der Waals surface area contributed by atoms with Gasteiger partial charge in [0.2, 0.25) is 0 Å². The zero-order valence-electron chi connectivity index (χ0n) is 29.1. The SMILES string of the molecule is CCN(CC1CC1)C12Cc3ccc(OC(=O)Oc4ccc5c6c4OC4C(=O)CC[C@](O)(C64)[C@H](N(C)CC4CC4)C5)c4c3[C@]13C(O4)C(=O)CC[C@@]23O. The van der Waals surface area contributed by atoms with Crippen molar-refractivity contribution in [3.63, 3.8) is 0 Å². The Morgan fingerprint density at radius 3 is 2.31 bits per heavy atom.